The van der Waals surface area contributed by atoms with E-state index < -0.39 is 0 Å². The molecule has 0 N–H and O–H groups in total. The Kier molecular flexibility index (Phi) is 5.44. The predicted octanol–water partition coefficient (Wildman–Crippen LogP) is 2.56. The fourth-order valence-electron chi connectivity index (χ4n) is 1.58. The summed E-state index contributed by atoms with van der Waals surface area (Å²) >= 11 is 0. The largest absolute Gasteiger partial charge is 0.316 e. The van der Waals surface area contributed by atoms with Gasteiger partial charge in [-0.25, -0.2) is 0 Å². The fourth-order valence-corrected chi connectivity index (χ4v) is 1.58. The van der Waals surface area contributed by atoms with Crippen molar-refractivity contribution < 1.29 is 0 Å². The molecule has 2 rings (SSSR count). The smallest absolute Gasteiger partial charge is 0.0622 e. The number of hydrogen-bond donors (Lipinski definition) is 0. The zero-order valence-corrected chi connectivity index (χ0v) is 8.19. The molecule has 0 amide bonds. The molecule has 74 valence electrons. The van der Waals surface area contributed by atoms with E-state index in [1.165, 1.54) is 11.1 Å². The molecule has 0 aromatic heterocycles. The third-order valence-electron chi connectivity index (χ3n) is 2.39. The minimum Gasteiger partial charge on any atom is -0.0622 e. The Hall–Kier alpha value is -0.794. The van der Waals surface area contributed by atoms with E-state index in [-0.39, 0.29) is 23.1 Å². The second-order valence-corrected chi connectivity index (χ2v) is 3.47. The van der Waals surface area contributed by atoms with Crippen LogP contribution < -0.4 is 0 Å². The van der Waals surface area contributed by atoms with Gasteiger partial charge < -0.3 is 0 Å². The molecule has 0 heterocycles. The van der Waals surface area contributed by atoms with E-state index in [0.29, 0.717) is 0 Å². The molecule has 0 saturated heterocycles. The van der Waals surface area contributed by atoms with Gasteiger partial charge in [-0.2, -0.15) is 0 Å². The highest BCUT2D eigenvalue weighted by atomic mass is 24.3. The maximum Gasteiger partial charge on any atom is 0.316 e. The molecule has 0 bridgehead atoms. The van der Waals surface area contributed by atoms with Gasteiger partial charge in [-0.05, 0) is 24.0 Å². The van der Waals surface area contributed by atoms with Gasteiger partial charge in [-0.15, -0.1) is 0 Å². The zero-order chi connectivity index (χ0) is 9.64. The van der Waals surface area contributed by atoms with E-state index in [1.54, 1.807) is 0 Å². The molecular weight excluding hydrogens is 192 g/mol. The summed E-state index contributed by atoms with van der Waals surface area (Å²) in [5, 5.41) is 0. The van der Waals surface area contributed by atoms with Crippen LogP contribution in [0.2, 0.25) is 0 Å². The molecule has 0 unspecified atom stereocenters. The van der Waals surface area contributed by atoms with Crippen molar-refractivity contribution in [2.24, 2.45) is 0 Å². The molecule has 0 atom stereocenters. The zero-order valence-electron chi connectivity index (χ0n) is 8.19. The van der Waals surface area contributed by atoms with Crippen LogP contribution in [0.3, 0.4) is 0 Å². The number of benzene rings is 2. The Morgan fingerprint density at radius 3 is 1.20 bits per heavy atom. The summed E-state index contributed by atoms with van der Waals surface area (Å²) in [6.45, 7) is 0. The molecule has 2 aromatic carbocycles. The SMILES string of the molecule is [MgH2].c1ccc(CCc2ccccc2)cc1. The van der Waals surface area contributed by atoms with E-state index in [4.69, 9.17) is 0 Å². The monoisotopic (exact) mass is 208 g/mol. The lowest BCUT2D eigenvalue weighted by Gasteiger charge is -2.01. The minimum atomic E-state index is 0. The molecule has 2 aromatic rings. The van der Waals surface area contributed by atoms with Gasteiger partial charge in [0.1, 0.15) is 0 Å². The fraction of sp³-hybridized carbons (Fsp3) is 0.143. The first-order valence-electron chi connectivity index (χ1n) is 5.03. The first-order valence-corrected chi connectivity index (χ1v) is 5.03. The second-order valence-electron chi connectivity index (χ2n) is 3.47. The summed E-state index contributed by atoms with van der Waals surface area (Å²) in [5.74, 6) is 0. The standard InChI is InChI=1S/C14H14.Mg.2H/c1-3-7-13(8-4-1)11-12-14-9-5-2-6-10-14;;;/h1-10H,11-12H2;;;. The van der Waals surface area contributed by atoms with Crippen LogP contribution in [0, 0.1) is 0 Å². The van der Waals surface area contributed by atoms with Gasteiger partial charge in [-0.3, -0.25) is 0 Å². The average molecular weight is 209 g/mol. The maximum absolute atomic E-state index is 2.18. The predicted molar refractivity (Wildman–Crippen MR) is 68.8 cm³/mol. The van der Waals surface area contributed by atoms with Crippen molar-refractivity contribution in [2.45, 2.75) is 12.8 Å². The Labute approximate surface area is 107 Å². The highest BCUT2D eigenvalue weighted by molar-refractivity contribution is 5.75. The van der Waals surface area contributed by atoms with Crippen LogP contribution >= 0.6 is 0 Å². The quantitative estimate of drug-likeness (QED) is 0.680. The Bertz CT molecular complexity index is 328. The molecule has 0 aliphatic carbocycles. The van der Waals surface area contributed by atoms with Gasteiger partial charge in [0, 0.05) is 0 Å². The Balaban J connectivity index is 0.00000112. The van der Waals surface area contributed by atoms with Crippen molar-refractivity contribution in [2.75, 3.05) is 0 Å². The summed E-state index contributed by atoms with van der Waals surface area (Å²) in [6, 6.07) is 21.2. The van der Waals surface area contributed by atoms with Gasteiger partial charge in [0.25, 0.3) is 0 Å². The minimum absolute atomic E-state index is 0. The van der Waals surface area contributed by atoms with Crippen molar-refractivity contribution in [3.63, 3.8) is 0 Å². The van der Waals surface area contributed by atoms with Crippen molar-refractivity contribution in [1.29, 1.82) is 0 Å². The summed E-state index contributed by atoms with van der Waals surface area (Å²) < 4.78 is 0. The van der Waals surface area contributed by atoms with Gasteiger partial charge in [0.15, 0.2) is 0 Å². The number of hydrogen-bond acceptors (Lipinski definition) is 0. The van der Waals surface area contributed by atoms with Crippen molar-refractivity contribution >= 4 is 23.1 Å². The molecule has 1 heteroatoms. The topological polar surface area (TPSA) is 0 Å². The van der Waals surface area contributed by atoms with E-state index >= 15 is 0 Å². The molecule has 0 spiro atoms. The van der Waals surface area contributed by atoms with E-state index in [0.717, 1.165) is 12.8 Å². The molecule has 0 nitrogen and oxygen atoms in total. The number of rotatable bonds is 3. The first-order chi connectivity index (χ1) is 6.95. The summed E-state index contributed by atoms with van der Waals surface area (Å²) in [7, 11) is 0. The van der Waals surface area contributed by atoms with Crippen molar-refractivity contribution in [1.82, 2.24) is 0 Å². The molecule has 0 radical (unpaired) electrons. The molecular formula is C14H16Mg. The van der Waals surface area contributed by atoms with E-state index in [1.807, 2.05) is 0 Å². The lowest BCUT2D eigenvalue weighted by atomic mass is 10.0. The maximum atomic E-state index is 2.18. The average Bonchev–Trinajstić information content (AvgIpc) is 2.29. The van der Waals surface area contributed by atoms with Gasteiger partial charge in [0.05, 0.1) is 0 Å². The van der Waals surface area contributed by atoms with E-state index in [2.05, 4.69) is 60.7 Å². The highest BCUT2D eigenvalue weighted by Gasteiger charge is 1.93. The van der Waals surface area contributed by atoms with Gasteiger partial charge in [-0.1, -0.05) is 60.7 Å². The van der Waals surface area contributed by atoms with E-state index in [9.17, 15) is 0 Å². The third kappa shape index (κ3) is 4.06. The van der Waals surface area contributed by atoms with Crippen molar-refractivity contribution in [3.05, 3.63) is 71.8 Å². The van der Waals surface area contributed by atoms with Crippen LogP contribution in [0.5, 0.6) is 0 Å². The molecule has 15 heavy (non-hydrogen) atoms. The molecule has 0 saturated carbocycles. The summed E-state index contributed by atoms with van der Waals surface area (Å²) in [6.07, 6.45) is 2.26. The molecule has 0 aliphatic rings. The normalized spacial score (nSPS) is 9.33. The second kappa shape index (κ2) is 6.65. The molecule has 0 aliphatic heterocycles. The van der Waals surface area contributed by atoms with Crippen molar-refractivity contribution in [3.8, 4) is 0 Å². The van der Waals surface area contributed by atoms with Gasteiger partial charge in [0.2, 0.25) is 0 Å². The van der Waals surface area contributed by atoms with Crippen LogP contribution in [0.4, 0.5) is 0 Å². The lowest BCUT2D eigenvalue weighted by molar-refractivity contribution is 0.960. The van der Waals surface area contributed by atoms with Crippen LogP contribution in [0.1, 0.15) is 11.1 Å². The Morgan fingerprint density at radius 1 is 0.533 bits per heavy atom. The number of aryl methyl sites for hydroxylation is 2. The lowest BCUT2D eigenvalue weighted by Crippen LogP contribution is -1.89. The molecule has 0 fully saturated rings. The van der Waals surface area contributed by atoms with Crippen LogP contribution in [0.25, 0.3) is 0 Å². The summed E-state index contributed by atoms with van der Waals surface area (Å²) in [4.78, 5) is 0. The first kappa shape index (κ1) is 12.3. The van der Waals surface area contributed by atoms with Crippen LogP contribution in [-0.4, -0.2) is 23.1 Å². The Morgan fingerprint density at radius 2 is 0.867 bits per heavy atom. The summed E-state index contributed by atoms with van der Waals surface area (Å²) in [5.41, 5.74) is 2.83. The third-order valence-corrected chi connectivity index (χ3v) is 2.39. The van der Waals surface area contributed by atoms with Crippen LogP contribution in [-0.2, 0) is 12.8 Å². The van der Waals surface area contributed by atoms with Gasteiger partial charge >= 0.3 is 23.1 Å². The van der Waals surface area contributed by atoms with Crippen LogP contribution in [0.15, 0.2) is 60.7 Å². The highest BCUT2D eigenvalue weighted by Crippen LogP contribution is 2.06.